The van der Waals surface area contributed by atoms with Gasteiger partial charge in [-0.05, 0) is 30.3 Å². The summed E-state index contributed by atoms with van der Waals surface area (Å²) in [4.78, 5) is 10.7. The third-order valence-corrected chi connectivity index (χ3v) is 3.44. The Bertz CT molecular complexity index is 905. The molecule has 0 heterocycles. The summed E-state index contributed by atoms with van der Waals surface area (Å²) in [6.45, 7) is 0. The van der Waals surface area contributed by atoms with Crippen molar-refractivity contribution in [1.29, 1.82) is 0 Å². The Hall–Kier alpha value is -3.41. The van der Waals surface area contributed by atoms with Crippen LogP contribution in [0.15, 0.2) is 64.8 Å². The number of nitrogens with zero attached hydrogens (tertiary/aromatic N) is 2. The zero-order chi connectivity index (χ0) is 16.2. The molecule has 0 aliphatic rings. The van der Waals surface area contributed by atoms with Crippen molar-refractivity contribution >= 4 is 45.6 Å². The average molecular weight is 305 g/mol. The third kappa shape index (κ3) is 2.96. The van der Waals surface area contributed by atoms with Crippen molar-refractivity contribution in [3.63, 3.8) is 0 Å². The molecule has 3 rings (SSSR count). The lowest BCUT2D eigenvalue weighted by atomic mass is 10.1. The van der Waals surface area contributed by atoms with Crippen molar-refractivity contribution in [3.05, 3.63) is 54.6 Å². The number of amides is 1. The first-order valence-electron chi connectivity index (χ1n) is 6.98. The molecule has 0 radical (unpaired) electrons. The Morgan fingerprint density at radius 3 is 2.35 bits per heavy atom. The van der Waals surface area contributed by atoms with Gasteiger partial charge in [-0.15, -0.1) is 10.2 Å². The molecule has 114 valence electrons. The summed E-state index contributed by atoms with van der Waals surface area (Å²) in [5.74, 6) is 0. The van der Waals surface area contributed by atoms with Crippen molar-refractivity contribution < 1.29 is 4.79 Å². The number of nitrogen functional groups attached to an aromatic ring is 2. The van der Waals surface area contributed by atoms with Crippen LogP contribution >= 0.6 is 0 Å². The van der Waals surface area contributed by atoms with Crippen molar-refractivity contribution in [2.24, 2.45) is 10.2 Å². The van der Waals surface area contributed by atoms with Gasteiger partial charge in [0.15, 0.2) is 0 Å². The van der Waals surface area contributed by atoms with Crippen LogP contribution in [0.2, 0.25) is 0 Å². The Kier molecular flexibility index (Phi) is 3.88. The van der Waals surface area contributed by atoms with Gasteiger partial charge < -0.3 is 16.8 Å². The maximum Gasteiger partial charge on any atom is 0.211 e. The molecule has 0 saturated carbocycles. The number of nitrogens with two attached hydrogens (primary N) is 2. The fraction of sp³-hybridized carbons (Fsp3) is 0. The predicted molar refractivity (Wildman–Crippen MR) is 93.1 cm³/mol. The van der Waals surface area contributed by atoms with Gasteiger partial charge in [0.25, 0.3) is 0 Å². The number of rotatable bonds is 4. The molecule has 1 amide bonds. The number of carbonyl (C=O) groups is 1. The first kappa shape index (κ1) is 14.5. The molecule has 0 spiro atoms. The van der Waals surface area contributed by atoms with Crippen molar-refractivity contribution in [3.8, 4) is 0 Å². The van der Waals surface area contributed by atoms with Gasteiger partial charge in [0.1, 0.15) is 5.69 Å². The van der Waals surface area contributed by atoms with Crippen LogP contribution in [0.3, 0.4) is 0 Å². The minimum Gasteiger partial charge on any atom is -0.399 e. The molecule has 6 nitrogen and oxygen atoms in total. The van der Waals surface area contributed by atoms with Crippen molar-refractivity contribution in [2.75, 3.05) is 16.8 Å². The van der Waals surface area contributed by atoms with Crippen LogP contribution in [0.4, 0.5) is 28.4 Å². The van der Waals surface area contributed by atoms with Gasteiger partial charge in [0, 0.05) is 22.1 Å². The summed E-state index contributed by atoms with van der Waals surface area (Å²) in [6.07, 6.45) is 0.576. The molecule has 0 aromatic heterocycles. The molecule has 0 aliphatic carbocycles. The lowest BCUT2D eigenvalue weighted by Crippen LogP contribution is -1.95. The van der Waals surface area contributed by atoms with Crippen LogP contribution in [0.5, 0.6) is 0 Å². The third-order valence-electron chi connectivity index (χ3n) is 3.44. The minimum atomic E-state index is 0.503. The van der Waals surface area contributed by atoms with Gasteiger partial charge in [-0.1, -0.05) is 24.3 Å². The first-order chi connectivity index (χ1) is 11.2. The predicted octanol–water partition coefficient (Wildman–Crippen LogP) is 3.99. The molecule has 23 heavy (non-hydrogen) atoms. The van der Waals surface area contributed by atoms with E-state index in [1.54, 1.807) is 24.3 Å². The molecular weight excluding hydrogens is 290 g/mol. The lowest BCUT2D eigenvalue weighted by Gasteiger charge is -2.06. The van der Waals surface area contributed by atoms with Crippen LogP contribution in [0.1, 0.15) is 0 Å². The maximum absolute atomic E-state index is 10.7. The van der Waals surface area contributed by atoms with Crippen LogP contribution in [-0.2, 0) is 4.79 Å². The van der Waals surface area contributed by atoms with Crippen LogP contribution in [-0.4, -0.2) is 6.41 Å². The van der Waals surface area contributed by atoms with E-state index in [1.165, 1.54) is 0 Å². The fourth-order valence-electron chi connectivity index (χ4n) is 2.32. The number of fused-ring (bicyclic) bond motifs is 1. The number of anilines is 3. The van der Waals surface area contributed by atoms with E-state index in [-0.39, 0.29) is 0 Å². The van der Waals surface area contributed by atoms with E-state index in [4.69, 9.17) is 11.5 Å². The number of benzene rings is 3. The minimum absolute atomic E-state index is 0.503. The second kappa shape index (κ2) is 6.15. The SMILES string of the molecule is Nc1ccc(/N=N/c2ccc(N)c3ccccc23)c(NC=O)c1. The zero-order valence-electron chi connectivity index (χ0n) is 12.2. The average Bonchev–Trinajstić information content (AvgIpc) is 2.56. The van der Waals surface area contributed by atoms with E-state index in [2.05, 4.69) is 15.5 Å². The quantitative estimate of drug-likeness (QED) is 0.385. The normalized spacial score (nSPS) is 11.0. The number of hydrogen-bond acceptors (Lipinski definition) is 5. The van der Waals surface area contributed by atoms with Gasteiger partial charge >= 0.3 is 0 Å². The summed E-state index contributed by atoms with van der Waals surface area (Å²) in [5.41, 5.74) is 14.6. The molecule has 0 fully saturated rings. The molecular formula is C17H15N5O. The van der Waals surface area contributed by atoms with E-state index in [1.807, 2.05) is 30.3 Å². The second-order valence-electron chi connectivity index (χ2n) is 4.96. The Morgan fingerprint density at radius 1 is 0.870 bits per heavy atom. The van der Waals surface area contributed by atoms with E-state index >= 15 is 0 Å². The summed E-state index contributed by atoms with van der Waals surface area (Å²) in [6, 6.07) is 16.4. The Morgan fingerprint density at radius 2 is 1.57 bits per heavy atom. The lowest BCUT2D eigenvalue weighted by molar-refractivity contribution is -0.105. The van der Waals surface area contributed by atoms with Crippen molar-refractivity contribution in [1.82, 2.24) is 0 Å². The van der Waals surface area contributed by atoms with Crippen LogP contribution in [0.25, 0.3) is 10.8 Å². The summed E-state index contributed by atoms with van der Waals surface area (Å²) in [7, 11) is 0. The maximum atomic E-state index is 10.7. The van der Waals surface area contributed by atoms with E-state index in [0.717, 1.165) is 10.8 Å². The molecule has 0 aliphatic heterocycles. The number of carbonyl (C=O) groups excluding carboxylic acids is 1. The van der Waals surface area contributed by atoms with Gasteiger partial charge in [-0.3, -0.25) is 4.79 Å². The molecule has 3 aromatic carbocycles. The molecule has 6 heteroatoms. The summed E-state index contributed by atoms with van der Waals surface area (Å²) < 4.78 is 0. The highest BCUT2D eigenvalue weighted by atomic mass is 16.1. The Labute approximate surface area is 132 Å². The van der Waals surface area contributed by atoms with Gasteiger partial charge in [0.05, 0.1) is 11.4 Å². The molecule has 5 N–H and O–H groups in total. The fourth-order valence-corrected chi connectivity index (χ4v) is 2.32. The highest BCUT2D eigenvalue weighted by Gasteiger charge is 2.04. The summed E-state index contributed by atoms with van der Waals surface area (Å²) >= 11 is 0. The molecule has 0 saturated heterocycles. The first-order valence-corrected chi connectivity index (χ1v) is 6.98. The highest BCUT2D eigenvalue weighted by Crippen LogP contribution is 2.33. The Balaban J connectivity index is 2.04. The van der Waals surface area contributed by atoms with Crippen LogP contribution < -0.4 is 16.8 Å². The number of azo groups is 1. The van der Waals surface area contributed by atoms with Gasteiger partial charge in [-0.2, -0.15) is 0 Å². The largest absolute Gasteiger partial charge is 0.399 e. The van der Waals surface area contributed by atoms with E-state index in [0.29, 0.717) is 34.8 Å². The topological polar surface area (TPSA) is 106 Å². The van der Waals surface area contributed by atoms with E-state index < -0.39 is 0 Å². The standard InChI is InChI=1S/C17H15N5O/c18-11-5-7-16(17(9-11)20-10-23)22-21-15-8-6-14(19)12-3-1-2-4-13(12)15/h1-10H,18-19H2,(H,20,23)/b22-21+. The van der Waals surface area contributed by atoms with Gasteiger partial charge in [0.2, 0.25) is 6.41 Å². The van der Waals surface area contributed by atoms with Crippen LogP contribution in [0, 0.1) is 0 Å². The van der Waals surface area contributed by atoms with Crippen molar-refractivity contribution in [2.45, 2.75) is 0 Å². The number of nitrogens with one attached hydrogen (secondary N) is 1. The molecule has 0 atom stereocenters. The number of hydrogen-bond donors (Lipinski definition) is 3. The zero-order valence-corrected chi connectivity index (χ0v) is 12.2. The molecule has 0 bridgehead atoms. The molecule has 3 aromatic rings. The van der Waals surface area contributed by atoms with E-state index in [9.17, 15) is 4.79 Å². The second-order valence-corrected chi connectivity index (χ2v) is 4.96. The van der Waals surface area contributed by atoms with Gasteiger partial charge in [-0.25, -0.2) is 0 Å². The smallest absolute Gasteiger partial charge is 0.211 e. The summed E-state index contributed by atoms with van der Waals surface area (Å²) in [5, 5.41) is 12.9. The molecule has 0 unspecified atom stereocenters. The monoisotopic (exact) mass is 305 g/mol. The highest BCUT2D eigenvalue weighted by molar-refractivity contribution is 6.00.